The van der Waals surface area contributed by atoms with E-state index in [1.807, 2.05) is 0 Å². The van der Waals surface area contributed by atoms with E-state index in [1.165, 1.54) is 22.0 Å². The van der Waals surface area contributed by atoms with E-state index in [-0.39, 0.29) is 0 Å². The number of hydrogen-bond acceptors (Lipinski definition) is 1. The molecule has 0 amide bonds. The van der Waals surface area contributed by atoms with Gasteiger partial charge in [-0.25, -0.2) is 0 Å². The molecule has 0 spiro atoms. The summed E-state index contributed by atoms with van der Waals surface area (Å²) in [5.41, 5.74) is 1.45. The van der Waals surface area contributed by atoms with Crippen molar-refractivity contribution in [1.29, 1.82) is 0 Å². The van der Waals surface area contributed by atoms with Crippen molar-refractivity contribution in [1.82, 2.24) is 0 Å². The molecule has 0 aromatic heterocycles. The summed E-state index contributed by atoms with van der Waals surface area (Å²) in [6.45, 7) is 0.362. The molecule has 2 atom stereocenters. The standard InChI is InChI=1S/C12H15IO/c13-12-5-3-10(4-6-12)11-2-1-9(7-11)8-14/h3-6,9,11,14H,1-2,7-8H2. The van der Waals surface area contributed by atoms with Crippen molar-refractivity contribution in [3.8, 4) is 0 Å². The Hall–Kier alpha value is -0.0900. The molecule has 0 radical (unpaired) electrons. The molecule has 76 valence electrons. The maximum atomic E-state index is 9.07. The van der Waals surface area contributed by atoms with E-state index in [0.717, 1.165) is 6.42 Å². The maximum absolute atomic E-state index is 9.07. The van der Waals surface area contributed by atoms with E-state index in [4.69, 9.17) is 5.11 Å². The molecule has 1 aliphatic carbocycles. The van der Waals surface area contributed by atoms with E-state index >= 15 is 0 Å². The average molecular weight is 302 g/mol. The fourth-order valence-electron chi connectivity index (χ4n) is 2.28. The van der Waals surface area contributed by atoms with Gasteiger partial charge in [0.1, 0.15) is 0 Å². The molecule has 1 aromatic carbocycles. The second-order valence-corrected chi connectivity index (χ2v) is 5.36. The van der Waals surface area contributed by atoms with Crippen LogP contribution in [0.2, 0.25) is 0 Å². The van der Waals surface area contributed by atoms with Crippen LogP contribution in [0.3, 0.4) is 0 Å². The van der Waals surface area contributed by atoms with Gasteiger partial charge < -0.3 is 5.11 Å². The van der Waals surface area contributed by atoms with E-state index < -0.39 is 0 Å². The van der Waals surface area contributed by atoms with Crippen molar-refractivity contribution in [2.24, 2.45) is 5.92 Å². The predicted molar refractivity (Wildman–Crippen MR) is 66.3 cm³/mol. The van der Waals surface area contributed by atoms with Crippen molar-refractivity contribution in [3.05, 3.63) is 33.4 Å². The van der Waals surface area contributed by atoms with Crippen molar-refractivity contribution in [2.75, 3.05) is 6.61 Å². The van der Waals surface area contributed by atoms with Gasteiger partial charge in [0.05, 0.1) is 0 Å². The summed E-state index contributed by atoms with van der Waals surface area (Å²) in [7, 11) is 0. The third-order valence-electron chi connectivity index (χ3n) is 3.14. The summed E-state index contributed by atoms with van der Waals surface area (Å²) in [5, 5.41) is 9.07. The fraction of sp³-hybridized carbons (Fsp3) is 0.500. The van der Waals surface area contributed by atoms with Crippen molar-refractivity contribution in [3.63, 3.8) is 0 Å². The second-order valence-electron chi connectivity index (χ2n) is 4.11. The average Bonchev–Trinajstić information content (AvgIpc) is 2.67. The number of benzene rings is 1. The largest absolute Gasteiger partial charge is 0.396 e. The van der Waals surface area contributed by atoms with Gasteiger partial charge in [0, 0.05) is 10.2 Å². The zero-order valence-corrected chi connectivity index (χ0v) is 10.3. The summed E-state index contributed by atoms with van der Waals surface area (Å²) in [5.74, 6) is 1.23. The minimum absolute atomic E-state index is 0.362. The van der Waals surface area contributed by atoms with Gasteiger partial charge >= 0.3 is 0 Å². The third-order valence-corrected chi connectivity index (χ3v) is 3.86. The van der Waals surface area contributed by atoms with Gasteiger partial charge in [0.25, 0.3) is 0 Å². The first-order valence-electron chi connectivity index (χ1n) is 5.16. The number of rotatable bonds is 2. The molecular formula is C12H15IO. The summed E-state index contributed by atoms with van der Waals surface area (Å²) < 4.78 is 1.29. The van der Waals surface area contributed by atoms with Crippen LogP contribution in [0, 0.1) is 9.49 Å². The molecule has 0 bridgehead atoms. The Balaban J connectivity index is 2.06. The van der Waals surface area contributed by atoms with E-state index in [0.29, 0.717) is 18.4 Å². The Bertz CT molecular complexity index is 294. The SMILES string of the molecule is OCC1CCC(c2ccc(I)cc2)C1. The lowest BCUT2D eigenvalue weighted by molar-refractivity contribution is 0.229. The van der Waals surface area contributed by atoms with Crippen LogP contribution >= 0.6 is 22.6 Å². The molecule has 1 nitrogen and oxygen atoms in total. The van der Waals surface area contributed by atoms with Gasteiger partial charge in [-0.15, -0.1) is 0 Å². The highest BCUT2D eigenvalue weighted by Gasteiger charge is 2.24. The summed E-state index contributed by atoms with van der Waals surface area (Å²) in [6, 6.07) is 8.79. The Kier molecular flexibility index (Phi) is 3.44. The summed E-state index contributed by atoms with van der Waals surface area (Å²) >= 11 is 2.33. The molecule has 0 saturated heterocycles. The van der Waals surface area contributed by atoms with E-state index in [2.05, 4.69) is 46.9 Å². The minimum Gasteiger partial charge on any atom is -0.396 e. The van der Waals surface area contributed by atoms with Crippen molar-refractivity contribution >= 4 is 22.6 Å². The Morgan fingerprint density at radius 3 is 2.50 bits per heavy atom. The quantitative estimate of drug-likeness (QED) is 0.832. The molecule has 0 aliphatic heterocycles. The lowest BCUT2D eigenvalue weighted by Gasteiger charge is -2.10. The highest BCUT2D eigenvalue weighted by molar-refractivity contribution is 14.1. The number of halogens is 1. The Morgan fingerprint density at radius 1 is 1.21 bits per heavy atom. The third kappa shape index (κ3) is 2.28. The van der Waals surface area contributed by atoms with Gasteiger partial charge in [0.15, 0.2) is 0 Å². The highest BCUT2D eigenvalue weighted by Crippen LogP contribution is 2.37. The van der Waals surface area contributed by atoms with Crippen LogP contribution in [-0.2, 0) is 0 Å². The van der Waals surface area contributed by atoms with Crippen LogP contribution in [0.25, 0.3) is 0 Å². The van der Waals surface area contributed by atoms with Crippen LogP contribution in [0.15, 0.2) is 24.3 Å². The minimum atomic E-state index is 0.362. The fourth-order valence-corrected chi connectivity index (χ4v) is 2.64. The molecule has 2 rings (SSSR count). The van der Waals surface area contributed by atoms with Gasteiger partial charge in [-0.3, -0.25) is 0 Å². The molecule has 1 aliphatic rings. The molecule has 2 heteroatoms. The molecule has 1 N–H and O–H groups in total. The molecule has 1 aromatic rings. The van der Waals surface area contributed by atoms with Gasteiger partial charge in [0.2, 0.25) is 0 Å². The lowest BCUT2D eigenvalue weighted by atomic mass is 9.97. The first kappa shape index (κ1) is 10.4. The van der Waals surface area contributed by atoms with E-state index in [9.17, 15) is 0 Å². The molecule has 1 fully saturated rings. The zero-order valence-electron chi connectivity index (χ0n) is 8.12. The maximum Gasteiger partial charge on any atom is 0.0459 e. The molecule has 14 heavy (non-hydrogen) atoms. The predicted octanol–water partition coefficient (Wildman–Crippen LogP) is 3.17. The smallest absolute Gasteiger partial charge is 0.0459 e. The van der Waals surface area contributed by atoms with Crippen LogP contribution in [-0.4, -0.2) is 11.7 Å². The number of hydrogen-bond donors (Lipinski definition) is 1. The topological polar surface area (TPSA) is 20.2 Å². The first-order valence-corrected chi connectivity index (χ1v) is 6.24. The van der Waals surface area contributed by atoms with Crippen molar-refractivity contribution in [2.45, 2.75) is 25.2 Å². The monoisotopic (exact) mass is 302 g/mol. The lowest BCUT2D eigenvalue weighted by Crippen LogP contribution is -2.00. The molecule has 1 saturated carbocycles. The van der Waals surface area contributed by atoms with Crippen LogP contribution in [0.5, 0.6) is 0 Å². The molecule has 2 unspecified atom stereocenters. The summed E-state index contributed by atoms with van der Waals surface area (Å²) in [4.78, 5) is 0. The Labute approximate surface area is 98.7 Å². The normalized spacial score (nSPS) is 26.7. The van der Waals surface area contributed by atoms with Gasteiger partial charge in [-0.1, -0.05) is 12.1 Å². The van der Waals surface area contributed by atoms with Crippen LogP contribution < -0.4 is 0 Å². The van der Waals surface area contributed by atoms with Crippen molar-refractivity contribution < 1.29 is 5.11 Å². The summed E-state index contributed by atoms with van der Waals surface area (Å²) in [6.07, 6.45) is 3.59. The van der Waals surface area contributed by atoms with Crippen LogP contribution in [0.1, 0.15) is 30.7 Å². The highest BCUT2D eigenvalue weighted by atomic mass is 127. The molecular weight excluding hydrogens is 287 g/mol. The number of aliphatic hydroxyl groups is 1. The Morgan fingerprint density at radius 2 is 1.93 bits per heavy atom. The first-order chi connectivity index (χ1) is 6.79. The number of aliphatic hydroxyl groups excluding tert-OH is 1. The second kappa shape index (κ2) is 4.62. The zero-order chi connectivity index (χ0) is 9.97. The van der Waals surface area contributed by atoms with E-state index in [1.54, 1.807) is 0 Å². The molecule has 0 heterocycles. The van der Waals surface area contributed by atoms with Crippen LogP contribution in [0.4, 0.5) is 0 Å². The van der Waals surface area contributed by atoms with Gasteiger partial charge in [-0.2, -0.15) is 0 Å². The van der Waals surface area contributed by atoms with Gasteiger partial charge in [-0.05, 0) is 71.4 Å².